The van der Waals surface area contributed by atoms with Crippen LogP contribution in [0.1, 0.15) is 18.1 Å². The summed E-state index contributed by atoms with van der Waals surface area (Å²) in [5.74, 6) is 0.00258. The molecule has 0 spiro atoms. The summed E-state index contributed by atoms with van der Waals surface area (Å²) in [6.07, 6.45) is 1.63. The number of ether oxygens (including phenoxy) is 1. The molecule has 0 fully saturated rings. The number of benzene rings is 2. The second-order valence-electron chi connectivity index (χ2n) is 5.34. The smallest absolute Gasteiger partial charge is 0.257 e. The highest BCUT2D eigenvalue weighted by Gasteiger charge is 2.13. The van der Waals surface area contributed by atoms with Gasteiger partial charge in [0, 0.05) is 5.56 Å². The van der Waals surface area contributed by atoms with Crippen molar-refractivity contribution in [1.29, 1.82) is 0 Å². The normalized spacial score (nSPS) is 12.1. The number of hydrogen-bond acceptors (Lipinski definition) is 6. The summed E-state index contributed by atoms with van der Waals surface area (Å²) in [6, 6.07) is 10.7. The van der Waals surface area contributed by atoms with Gasteiger partial charge in [0.25, 0.3) is 5.91 Å². The Hall–Kier alpha value is -3.06. The summed E-state index contributed by atoms with van der Waals surface area (Å²) in [6.45, 7) is 2.24. The molecule has 2 aromatic carbocycles. The molecule has 0 aliphatic rings. The predicted molar refractivity (Wildman–Crippen MR) is 94.8 cm³/mol. The summed E-state index contributed by atoms with van der Waals surface area (Å²) >= 11 is 0. The van der Waals surface area contributed by atoms with Crippen molar-refractivity contribution in [3.8, 4) is 17.2 Å². The predicted octanol–water partition coefficient (Wildman–Crippen LogP) is 1.52. The second-order valence-corrected chi connectivity index (χ2v) is 5.34. The number of nitrogens with two attached hydrogens (primary N) is 1. The van der Waals surface area contributed by atoms with Gasteiger partial charge in [-0.25, -0.2) is 5.43 Å². The van der Waals surface area contributed by atoms with Crippen LogP contribution < -0.4 is 15.9 Å². The number of hydrazone groups is 1. The molecule has 0 aliphatic heterocycles. The number of hydrogen-bond donors (Lipinski definition) is 4. The summed E-state index contributed by atoms with van der Waals surface area (Å²) < 4.78 is 5.28. The fourth-order valence-electron chi connectivity index (χ4n) is 2.14. The summed E-state index contributed by atoms with van der Waals surface area (Å²) in [5.41, 5.74) is 9.43. The number of aromatic hydroxyl groups is 2. The minimum Gasteiger partial charge on any atom is -0.508 e. The van der Waals surface area contributed by atoms with E-state index in [1.165, 1.54) is 18.3 Å². The van der Waals surface area contributed by atoms with Crippen molar-refractivity contribution in [3.63, 3.8) is 0 Å². The Labute approximate surface area is 145 Å². The van der Waals surface area contributed by atoms with Gasteiger partial charge >= 0.3 is 0 Å². The Kier molecular flexibility index (Phi) is 6.36. The molecule has 5 N–H and O–H groups in total. The number of nitrogens with zero attached hydrogens (tertiary/aromatic N) is 1. The average Bonchev–Trinajstić information content (AvgIpc) is 2.60. The topological polar surface area (TPSA) is 117 Å². The zero-order valence-electron chi connectivity index (χ0n) is 13.8. The number of amides is 1. The number of phenolic OH excluding ortho intramolecular Hbond substituents is 2. The van der Waals surface area contributed by atoms with Crippen LogP contribution in [-0.2, 0) is 11.2 Å². The highest BCUT2D eigenvalue weighted by Crippen LogP contribution is 2.28. The molecule has 2 rings (SSSR count). The van der Waals surface area contributed by atoms with Crippen LogP contribution in [0.2, 0.25) is 0 Å². The highest BCUT2D eigenvalue weighted by atomic mass is 16.5. The van der Waals surface area contributed by atoms with Crippen LogP contribution in [0.3, 0.4) is 0 Å². The maximum atomic E-state index is 12.0. The molecular weight excluding hydrogens is 322 g/mol. The molecule has 0 radical (unpaired) electrons. The van der Waals surface area contributed by atoms with Gasteiger partial charge in [-0.3, -0.25) is 4.79 Å². The van der Waals surface area contributed by atoms with Gasteiger partial charge in [0.05, 0.1) is 18.9 Å². The SMILES string of the molecule is CCOc1cccc(/C=N\NC(=O)[C@H](N)Cc2ccc(O)cc2)c1O. The van der Waals surface area contributed by atoms with E-state index in [0.717, 1.165) is 5.56 Å². The van der Waals surface area contributed by atoms with Gasteiger partial charge in [0.2, 0.25) is 0 Å². The third kappa shape index (κ3) is 5.22. The van der Waals surface area contributed by atoms with Crippen LogP contribution >= 0.6 is 0 Å². The molecule has 0 heterocycles. The van der Waals surface area contributed by atoms with Crippen LogP contribution in [0.25, 0.3) is 0 Å². The van der Waals surface area contributed by atoms with Gasteiger partial charge in [-0.05, 0) is 43.2 Å². The molecule has 0 aromatic heterocycles. The van der Waals surface area contributed by atoms with Gasteiger partial charge in [-0.2, -0.15) is 5.10 Å². The lowest BCUT2D eigenvalue weighted by Gasteiger charge is -2.10. The van der Waals surface area contributed by atoms with Crippen LogP contribution in [0.4, 0.5) is 0 Å². The maximum Gasteiger partial charge on any atom is 0.257 e. The van der Waals surface area contributed by atoms with E-state index in [-0.39, 0.29) is 11.5 Å². The minimum atomic E-state index is -0.787. The van der Waals surface area contributed by atoms with E-state index in [2.05, 4.69) is 10.5 Å². The van der Waals surface area contributed by atoms with Crippen molar-refractivity contribution >= 4 is 12.1 Å². The highest BCUT2D eigenvalue weighted by molar-refractivity contribution is 5.87. The molecule has 7 nitrogen and oxygen atoms in total. The largest absolute Gasteiger partial charge is 0.508 e. The third-order valence-corrected chi connectivity index (χ3v) is 3.44. The summed E-state index contributed by atoms with van der Waals surface area (Å²) in [5, 5.41) is 23.1. The Balaban J connectivity index is 1.93. The number of para-hydroxylation sites is 1. The Morgan fingerprint density at radius 1 is 1.28 bits per heavy atom. The second kappa shape index (κ2) is 8.70. The van der Waals surface area contributed by atoms with Gasteiger partial charge in [0.1, 0.15) is 5.75 Å². The van der Waals surface area contributed by atoms with Gasteiger partial charge in [0.15, 0.2) is 11.5 Å². The summed E-state index contributed by atoms with van der Waals surface area (Å²) in [7, 11) is 0. The van der Waals surface area contributed by atoms with Crippen molar-refractivity contribution in [2.75, 3.05) is 6.61 Å². The molecule has 0 bridgehead atoms. The minimum absolute atomic E-state index is 0.0456. The van der Waals surface area contributed by atoms with Crippen LogP contribution in [-0.4, -0.2) is 35.0 Å². The first-order valence-electron chi connectivity index (χ1n) is 7.82. The van der Waals surface area contributed by atoms with E-state index in [9.17, 15) is 15.0 Å². The lowest BCUT2D eigenvalue weighted by Crippen LogP contribution is -2.39. The van der Waals surface area contributed by atoms with E-state index in [0.29, 0.717) is 24.3 Å². The quantitative estimate of drug-likeness (QED) is 0.449. The molecule has 0 unspecified atom stereocenters. The number of carbonyl (C=O) groups excluding carboxylic acids is 1. The monoisotopic (exact) mass is 343 g/mol. The molecule has 2 aromatic rings. The fraction of sp³-hybridized carbons (Fsp3) is 0.222. The fourth-order valence-corrected chi connectivity index (χ4v) is 2.14. The molecule has 132 valence electrons. The molecule has 25 heavy (non-hydrogen) atoms. The number of rotatable bonds is 7. The summed E-state index contributed by atoms with van der Waals surface area (Å²) in [4.78, 5) is 12.0. The average molecular weight is 343 g/mol. The number of phenols is 2. The Morgan fingerprint density at radius 3 is 2.68 bits per heavy atom. The third-order valence-electron chi connectivity index (χ3n) is 3.44. The lowest BCUT2D eigenvalue weighted by molar-refractivity contribution is -0.122. The van der Waals surface area contributed by atoms with Crippen molar-refractivity contribution in [3.05, 3.63) is 53.6 Å². The maximum absolute atomic E-state index is 12.0. The van der Waals surface area contributed by atoms with Crippen LogP contribution in [0, 0.1) is 0 Å². The molecule has 0 saturated heterocycles. The van der Waals surface area contributed by atoms with Crippen molar-refractivity contribution in [1.82, 2.24) is 5.43 Å². The van der Waals surface area contributed by atoms with Crippen molar-refractivity contribution < 1.29 is 19.7 Å². The number of nitrogens with one attached hydrogen (secondary N) is 1. The van der Waals surface area contributed by atoms with Crippen LogP contribution in [0.15, 0.2) is 47.6 Å². The Morgan fingerprint density at radius 2 is 2.00 bits per heavy atom. The zero-order valence-corrected chi connectivity index (χ0v) is 13.8. The molecule has 0 aliphatic carbocycles. The number of carbonyl (C=O) groups is 1. The molecule has 7 heteroatoms. The lowest BCUT2D eigenvalue weighted by atomic mass is 10.1. The molecule has 0 saturated carbocycles. The van der Waals surface area contributed by atoms with Crippen molar-refractivity contribution in [2.24, 2.45) is 10.8 Å². The Bertz CT molecular complexity index is 744. The van der Waals surface area contributed by atoms with E-state index in [1.54, 1.807) is 30.3 Å². The molecule has 1 atom stereocenters. The first kappa shape index (κ1) is 18.3. The van der Waals surface area contributed by atoms with Gasteiger partial charge in [-0.15, -0.1) is 0 Å². The zero-order chi connectivity index (χ0) is 18.2. The standard InChI is InChI=1S/C18H21N3O4/c1-2-25-16-5-3-4-13(17(16)23)11-20-21-18(24)15(19)10-12-6-8-14(22)9-7-12/h3-9,11,15,22-23H,2,10,19H2,1H3,(H,21,24)/b20-11-/t15-/m1/s1. The van der Waals surface area contributed by atoms with E-state index < -0.39 is 11.9 Å². The molecule has 1 amide bonds. The first-order valence-corrected chi connectivity index (χ1v) is 7.82. The van der Waals surface area contributed by atoms with Gasteiger partial charge in [-0.1, -0.05) is 18.2 Å². The van der Waals surface area contributed by atoms with Gasteiger partial charge < -0.3 is 20.7 Å². The first-order chi connectivity index (χ1) is 12.0. The van der Waals surface area contributed by atoms with Crippen molar-refractivity contribution in [2.45, 2.75) is 19.4 Å². The molecular formula is C18H21N3O4. The van der Waals surface area contributed by atoms with E-state index in [4.69, 9.17) is 10.5 Å². The van der Waals surface area contributed by atoms with E-state index in [1.807, 2.05) is 6.92 Å². The van der Waals surface area contributed by atoms with Crippen LogP contribution in [0.5, 0.6) is 17.2 Å². The van der Waals surface area contributed by atoms with E-state index >= 15 is 0 Å².